The van der Waals surface area contributed by atoms with Crippen molar-refractivity contribution in [1.82, 2.24) is 0 Å². The molecule has 0 aromatic heterocycles. The zero-order chi connectivity index (χ0) is 12.0. The fraction of sp³-hybridized carbons (Fsp3) is 0.308. The zero-order valence-corrected chi connectivity index (χ0v) is 11.2. The predicted molar refractivity (Wildman–Crippen MR) is 65.3 cm³/mol. The Morgan fingerprint density at radius 2 is 1.88 bits per heavy atom. The fourth-order valence-corrected chi connectivity index (χ4v) is 3.26. The molecule has 0 heterocycles. The average molecular weight is 282 g/mol. The number of hydrogen-bond donors (Lipinski definition) is 0. The van der Waals surface area contributed by atoms with Gasteiger partial charge in [-0.05, 0) is 0 Å². The molecule has 0 bridgehead atoms. The van der Waals surface area contributed by atoms with Crippen LogP contribution in [-0.2, 0) is 0 Å². The summed E-state index contributed by atoms with van der Waals surface area (Å²) in [5.74, 6) is 0.0202. The van der Waals surface area contributed by atoms with E-state index in [1.165, 1.54) is 0 Å². The molecule has 0 saturated heterocycles. The van der Waals surface area contributed by atoms with Gasteiger partial charge in [-0.15, -0.1) is 0 Å². The minimum absolute atomic E-state index is 0.0202. The molecule has 0 atom stereocenters. The number of rotatable bonds is 4. The van der Waals surface area contributed by atoms with Crippen molar-refractivity contribution in [2.45, 2.75) is 26.7 Å². The molecule has 84 valence electrons. The van der Waals surface area contributed by atoms with E-state index in [1.807, 2.05) is 26.0 Å². The van der Waals surface area contributed by atoms with Crippen LogP contribution in [0.2, 0.25) is 0 Å². The van der Waals surface area contributed by atoms with Gasteiger partial charge in [0.05, 0.1) is 0 Å². The molecule has 16 heavy (non-hydrogen) atoms. The normalized spacial score (nSPS) is 11.9. The second kappa shape index (κ2) is 6.48. The van der Waals surface area contributed by atoms with Crippen LogP contribution >= 0.6 is 0 Å². The van der Waals surface area contributed by atoms with Crippen LogP contribution in [0.25, 0.3) is 0 Å². The van der Waals surface area contributed by atoms with Gasteiger partial charge in [-0.1, -0.05) is 0 Å². The van der Waals surface area contributed by atoms with E-state index < -0.39 is 0 Å². The summed E-state index contributed by atoms with van der Waals surface area (Å²) in [4.78, 5) is 0. The maximum atomic E-state index is 13.5. The van der Waals surface area contributed by atoms with Gasteiger partial charge in [0.1, 0.15) is 0 Å². The number of halogens is 1. The quantitative estimate of drug-likeness (QED) is 0.779. The van der Waals surface area contributed by atoms with E-state index in [0.29, 0.717) is 12.0 Å². The number of allylic oxidation sites excluding steroid dienone is 2. The predicted octanol–water partition coefficient (Wildman–Crippen LogP) is 2.89. The molecule has 1 aromatic rings. The Balaban J connectivity index is 2.84. The van der Waals surface area contributed by atoms with Gasteiger partial charge < -0.3 is 0 Å². The van der Waals surface area contributed by atoms with Gasteiger partial charge in [0, 0.05) is 0 Å². The number of nitriles is 1. The van der Waals surface area contributed by atoms with Gasteiger partial charge in [-0.3, -0.25) is 0 Å². The molecule has 0 saturated carbocycles. The maximum absolute atomic E-state index is 13.5. The fourth-order valence-electron chi connectivity index (χ4n) is 1.26. The van der Waals surface area contributed by atoms with Crippen LogP contribution in [0.3, 0.4) is 0 Å². The van der Waals surface area contributed by atoms with E-state index in [2.05, 4.69) is 6.07 Å². The topological polar surface area (TPSA) is 23.8 Å². The van der Waals surface area contributed by atoms with E-state index >= 15 is 0 Å². The van der Waals surface area contributed by atoms with Crippen molar-refractivity contribution in [2.75, 3.05) is 0 Å². The first-order valence-electron chi connectivity index (χ1n) is 5.26. The monoisotopic (exact) mass is 283 g/mol. The van der Waals surface area contributed by atoms with Crippen LogP contribution in [0.4, 0.5) is 4.39 Å². The molecule has 0 spiro atoms. The van der Waals surface area contributed by atoms with E-state index in [-0.39, 0.29) is 20.8 Å². The summed E-state index contributed by atoms with van der Waals surface area (Å²) < 4.78 is 15.5. The summed E-state index contributed by atoms with van der Waals surface area (Å²) in [6, 6.07) is 9.48. The number of nitrogens with zero attached hydrogens (tertiary/aromatic N) is 1. The van der Waals surface area contributed by atoms with Crippen molar-refractivity contribution in [3.05, 3.63) is 40.1 Å². The standard InChI is InChI=1S/C13H14FNSe/c1-3-12(14)13(4-2)16-11-7-5-10(9-15)6-8-11/h5-8H,3-4H2,1-2H3/b13-12+. The van der Waals surface area contributed by atoms with Crippen LogP contribution in [-0.4, -0.2) is 15.0 Å². The Morgan fingerprint density at radius 1 is 1.25 bits per heavy atom. The van der Waals surface area contributed by atoms with Gasteiger partial charge in [-0.2, -0.15) is 0 Å². The minimum atomic E-state index is 0.0202. The van der Waals surface area contributed by atoms with Crippen molar-refractivity contribution in [3.8, 4) is 6.07 Å². The van der Waals surface area contributed by atoms with E-state index in [4.69, 9.17) is 5.26 Å². The summed E-state index contributed by atoms with van der Waals surface area (Å²) in [5.41, 5.74) is 0.651. The summed E-state index contributed by atoms with van der Waals surface area (Å²) >= 11 is 0.0445. The van der Waals surface area contributed by atoms with Crippen LogP contribution < -0.4 is 4.46 Å². The van der Waals surface area contributed by atoms with Crippen LogP contribution in [0, 0.1) is 11.3 Å². The summed E-state index contributed by atoms with van der Waals surface area (Å²) in [6.07, 6.45) is 1.24. The molecule has 0 aliphatic heterocycles. The zero-order valence-electron chi connectivity index (χ0n) is 9.46. The van der Waals surface area contributed by atoms with Crippen LogP contribution in [0.5, 0.6) is 0 Å². The number of benzene rings is 1. The molecule has 0 radical (unpaired) electrons. The first kappa shape index (κ1) is 13.0. The third-order valence-electron chi connectivity index (χ3n) is 2.16. The molecule has 1 aromatic carbocycles. The summed E-state index contributed by atoms with van der Waals surface area (Å²) in [5, 5.41) is 8.67. The van der Waals surface area contributed by atoms with Crippen molar-refractivity contribution >= 4 is 19.4 Å². The Bertz CT molecular complexity index is 415. The Kier molecular flexibility index (Phi) is 5.25. The van der Waals surface area contributed by atoms with E-state index in [1.54, 1.807) is 12.1 Å². The second-order valence-corrected chi connectivity index (χ2v) is 5.72. The van der Waals surface area contributed by atoms with Gasteiger partial charge >= 0.3 is 102 Å². The molecule has 0 aliphatic carbocycles. The molecule has 0 unspecified atom stereocenters. The Morgan fingerprint density at radius 3 is 2.31 bits per heavy atom. The second-order valence-electron chi connectivity index (χ2n) is 3.27. The Labute approximate surface area is 102 Å². The van der Waals surface area contributed by atoms with Gasteiger partial charge in [0.25, 0.3) is 0 Å². The average Bonchev–Trinajstić information content (AvgIpc) is 2.35. The van der Waals surface area contributed by atoms with Crippen molar-refractivity contribution in [2.24, 2.45) is 0 Å². The third kappa shape index (κ3) is 3.48. The molecular weight excluding hydrogens is 268 g/mol. The molecule has 3 heteroatoms. The number of hydrogen-bond acceptors (Lipinski definition) is 1. The first-order valence-corrected chi connectivity index (χ1v) is 6.98. The van der Waals surface area contributed by atoms with Crippen LogP contribution in [0.1, 0.15) is 32.3 Å². The Hall–Kier alpha value is -1.10. The molecule has 1 rings (SSSR count). The molecule has 0 fully saturated rings. The third-order valence-corrected chi connectivity index (χ3v) is 4.81. The molecular formula is C13H14FNSe. The molecule has 0 amide bonds. The van der Waals surface area contributed by atoms with Gasteiger partial charge in [0.2, 0.25) is 0 Å². The molecule has 0 N–H and O–H groups in total. The summed E-state index contributed by atoms with van der Waals surface area (Å²) in [7, 11) is 0. The van der Waals surface area contributed by atoms with Crippen LogP contribution in [0.15, 0.2) is 34.6 Å². The van der Waals surface area contributed by atoms with E-state index in [9.17, 15) is 4.39 Å². The van der Waals surface area contributed by atoms with Crippen molar-refractivity contribution < 1.29 is 4.39 Å². The molecule has 0 aliphatic rings. The molecule has 1 nitrogen and oxygen atoms in total. The van der Waals surface area contributed by atoms with Gasteiger partial charge in [0.15, 0.2) is 0 Å². The van der Waals surface area contributed by atoms with E-state index in [0.717, 1.165) is 15.4 Å². The van der Waals surface area contributed by atoms with Crippen molar-refractivity contribution in [3.63, 3.8) is 0 Å². The van der Waals surface area contributed by atoms with Gasteiger partial charge in [-0.25, -0.2) is 0 Å². The van der Waals surface area contributed by atoms with Crippen molar-refractivity contribution in [1.29, 1.82) is 5.26 Å². The first-order chi connectivity index (χ1) is 7.71. The summed E-state index contributed by atoms with van der Waals surface area (Å²) in [6.45, 7) is 3.82. The SMILES string of the molecule is CC/C(F)=C(/CC)[Se]c1ccc(C#N)cc1.